The molecule has 2 heterocycles. The molecule has 2 N–H and O–H groups in total. The van der Waals surface area contributed by atoms with Crippen LogP contribution >= 0.6 is 0 Å². The van der Waals surface area contributed by atoms with Gasteiger partial charge in [0.15, 0.2) is 0 Å². The number of likely N-dealkylation sites (tertiary alicyclic amines) is 1. The molecular weight excluding hydrogens is 314 g/mol. The molecule has 4 rings (SSSR count). The number of amides is 2. The Bertz CT molecular complexity index is 776. The van der Waals surface area contributed by atoms with E-state index < -0.39 is 0 Å². The van der Waals surface area contributed by atoms with Gasteiger partial charge in [0.1, 0.15) is 6.04 Å². The first-order chi connectivity index (χ1) is 12.2. The molecular formula is C20H25N3O2. The van der Waals surface area contributed by atoms with Gasteiger partial charge in [0, 0.05) is 36.1 Å². The summed E-state index contributed by atoms with van der Waals surface area (Å²) in [5.74, 6) is 0.103. The summed E-state index contributed by atoms with van der Waals surface area (Å²) >= 11 is 0. The van der Waals surface area contributed by atoms with Gasteiger partial charge in [-0.3, -0.25) is 9.59 Å². The van der Waals surface area contributed by atoms with Gasteiger partial charge in [-0.15, -0.1) is 0 Å². The van der Waals surface area contributed by atoms with Gasteiger partial charge in [-0.2, -0.15) is 0 Å². The van der Waals surface area contributed by atoms with E-state index in [0.29, 0.717) is 19.4 Å². The summed E-state index contributed by atoms with van der Waals surface area (Å²) in [7, 11) is 0. The molecule has 1 aliphatic carbocycles. The normalized spacial score (nSPS) is 21.8. The molecule has 25 heavy (non-hydrogen) atoms. The number of hydrogen-bond acceptors (Lipinski definition) is 2. The Labute approximate surface area is 147 Å². The van der Waals surface area contributed by atoms with E-state index in [9.17, 15) is 9.59 Å². The van der Waals surface area contributed by atoms with Gasteiger partial charge in [0.2, 0.25) is 11.8 Å². The Morgan fingerprint density at radius 3 is 2.80 bits per heavy atom. The average Bonchev–Trinajstić information content (AvgIpc) is 3.21. The topological polar surface area (TPSA) is 65.2 Å². The van der Waals surface area contributed by atoms with Crippen LogP contribution in [-0.4, -0.2) is 33.8 Å². The number of H-pyrrole nitrogens is 1. The van der Waals surface area contributed by atoms with Gasteiger partial charge >= 0.3 is 0 Å². The number of rotatable bonds is 4. The minimum atomic E-state index is -0.330. The fourth-order valence-electron chi connectivity index (χ4n) is 4.19. The standard InChI is InChI=1S/C20H25N3O2/c24-19-11-10-18(20(25)22-15-6-2-1-3-7-15)23(19)13-14-12-21-17-9-5-4-8-16(14)17/h4-5,8-9,12,15,18,21H,1-3,6-7,10-11,13H2,(H,22,25)/t18-/m1/s1. The van der Waals surface area contributed by atoms with Crippen molar-refractivity contribution in [3.63, 3.8) is 0 Å². The monoisotopic (exact) mass is 339 g/mol. The number of carbonyl (C=O) groups excluding carboxylic acids is 2. The van der Waals surface area contributed by atoms with Crippen molar-refractivity contribution in [3.05, 3.63) is 36.0 Å². The third-order valence-electron chi connectivity index (χ3n) is 5.60. The molecule has 1 atom stereocenters. The Morgan fingerprint density at radius 1 is 1.16 bits per heavy atom. The minimum absolute atomic E-state index is 0.0255. The van der Waals surface area contributed by atoms with Crippen molar-refractivity contribution in [1.29, 1.82) is 0 Å². The van der Waals surface area contributed by atoms with Crippen LogP contribution in [0.15, 0.2) is 30.5 Å². The van der Waals surface area contributed by atoms with Crippen molar-refractivity contribution in [1.82, 2.24) is 15.2 Å². The third-order valence-corrected chi connectivity index (χ3v) is 5.60. The van der Waals surface area contributed by atoms with Gasteiger partial charge < -0.3 is 15.2 Å². The minimum Gasteiger partial charge on any atom is -0.361 e. The molecule has 2 aromatic rings. The summed E-state index contributed by atoms with van der Waals surface area (Å²) in [5, 5.41) is 4.31. The number of carbonyl (C=O) groups is 2. The Hall–Kier alpha value is -2.30. The number of benzene rings is 1. The van der Waals surface area contributed by atoms with Crippen LogP contribution in [0, 0.1) is 0 Å². The molecule has 5 nitrogen and oxygen atoms in total. The molecule has 2 fully saturated rings. The second-order valence-electron chi connectivity index (χ2n) is 7.28. The largest absolute Gasteiger partial charge is 0.361 e. The zero-order valence-corrected chi connectivity index (χ0v) is 14.5. The molecule has 1 aromatic carbocycles. The summed E-state index contributed by atoms with van der Waals surface area (Å²) in [6.07, 6.45) is 8.81. The molecule has 1 aromatic heterocycles. The number of nitrogens with one attached hydrogen (secondary N) is 2. The van der Waals surface area contributed by atoms with Crippen LogP contribution in [0.4, 0.5) is 0 Å². The average molecular weight is 339 g/mol. The summed E-state index contributed by atoms with van der Waals surface area (Å²) in [5.41, 5.74) is 2.13. The van der Waals surface area contributed by atoms with Crippen molar-refractivity contribution in [2.75, 3.05) is 0 Å². The maximum Gasteiger partial charge on any atom is 0.243 e. The number of nitrogens with zero attached hydrogens (tertiary/aromatic N) is 1. The highest BCUT2D eigenvalue weighted by Crippen LogP contribution is 2.26. The van der Waals surface area contributed by atoms with E-state index in [4.69, 9.17) is 0 Å². The van der Waals surface area contributed by atoms with Gasteiger partial charge in [-0.25, -0.2) is 0 Å². The summed E-state index contributed by atoms with van der Waals surface area (Å²) in [6, 6.07) is 8.02. The SMILES string of the molecule is O=C(NC1CCCCC1)[C@H]1CCC(=O)N1Cc1c[nH]c2ccccc12. The molecule has 0 spiro atoms. The van der Waals surface area contributed by atoms with Crippen LogP contribution in [0.2, 0.25) is 0 Å². The molecule has 0 bridgehead atoms. The quantitative estimate of drug-likeness (QED) is 0.899. The van der Waals surface area contributed by atoms with Crippen molar-refractivity contribution >= 4 is 22.7 Å². The molecule has 0 unspecified atom stereocenters. The Balaban J connectivity index is 1.48. The summed E-state index contributed by atoms with van der Waals surface area (Å²) in [4.78, 5) is 30.1. The van der Waals surface area contributed by atoms with Crippen molar-refractivity contribution < 1.29 is 9.59 Å². The van der Waals surface area contributed by atoms with E-state index in [1.54, 1.807) is 4.90 Å². The highest BCUT2D eigenvalue weighted by atomic mass is 16.2. The number of aromatic nitrogens is 1. The van der Waals surface area contributed by atoms with Crippen molar-refractivity contribution in [2.24, 2.45) is 0 Å². The second-order valence-corrected chi connectivity index (χ2v) is 7.28. The van der Waals surface area contributed by atoms with Gasteiger partial charge in [-0.1, -0.05) is 37.5 Å². The van der Waals surface area contributed by atoms with Crippen LogP contribution in [0.1, 0.15) is 50.5 Å². The lowest BCUT2D eigenvalue weighted by atomic mass is 9.95. The highest BCUT2D eigenvalue weighted by Gasteiger charge is 2.37. The molecule has 2 amide bonds. The predicted octanol–water partition coefficient (Wildman–Crippen LogP) is 3.11. The fourth-order valence-corrected chi connectivity index (χ4v) is 4.19. The van der Waals surface area contributed by atoms with E-state index in [-0.39, 0.29) is 23.9 Å². The summed E-state index contributed by atoms with van der Waals surface area (Å²) < 4.78 is 0. The van der Waals surface area contributed by atoms with E-state index in [1.807, 2.05) is 24.4 Å². The smallest absolute Gasteiger partial charge is 0.243 e. The lowest BCUT2D eigenvalue weighted by molar-refractivity contribution is -0.136. The lowest BCUT2D eigenvalue weighted by Gasteiger charge is -2.28. The Kier molecular flexibility index (Phi) is 4.47. The first-order valence-corrected chi connectivity index (χ1v) is 9.37. The number of para-hydroxylation sites is 1. The number of hydrogen-bond donors (Lipinski definition) is 2. The number of aromatic amines is 1. The summed E-state index contributed by atoms with van der Waals surface area (Å²) in [6.45, 7) is 0.492. The van der Waals surface area contributed by atoms with E-state index >= 15 is 0 Å². The van der Waals surface area contributed by atoms with Crippen LogP contribution < -0.4 is 5.32 Å². The van der Waals surface area contributed by atoms with Gasteiger partial charge in [0.05, 0.1) is 0 Å². The zero-order valence-electron chi connectivity index (χ0n) is 14.5. The predicted molar refractivity (Wildman–Crippen MR) is 96.9 cm³/mol. The van der Waals surface area contributed by atoms with Crippen LogP contribution in [0.5, 0.6) is 0 Å². The van der Waals surface area contributed by atoms with E-state index in [0.717, 1.165) is 29.3 Å². The maximum atomic E-state index is 12.7. The zero-order chi connectivity index (χ0) is 17.2. The molecule has 2 aliphatic rings. The van der Waals surface area contributed by atoms with E-state index in [1.165, 1.54) is 19.3 Å². The van der Waals surface area contributed by atoms with Crippen molar-refractivity contribution in [3.8, 4) is 0 Å². The first-order valence-electron chi connectivity index (χ1n) is 9.37. The first kappa shape index (κ1) is 16.2. The van der Waals surface area contributed by atoms with Crippen molar-refractivity contribution in [2.45, 2.75) is 63.6 Å². The van der Waals surface area contributed by atoms with E-state index in [2.05, 4.69) is 16.4 Å². The second kappa shape index (κ2) is 6.90. The van der Waals surface area contributed by atoms with Crippen LogP contribution in [0.3, 0.4) is 0 Å². The molecule has 1 saturated heterocycles. The molecule has 1 saturated carbocycles. The van der Waals surface area contributed by atoms with Gasteiger partial charge in [-0.05, 0) is 30.9 Å². The van der Waals surface area contributed by atoms with Gasteiger partial charge in [0.25, 0.3) is 0 Å². The third kappa shape index (κ3) is 3.28. The fraction of sp³-hybridized carbons (Fsp3) is 0.500. The molecule has 1 aliphatic heterocycles. The maximum absolute atomic E-state index is 12.7. The Morgan fingerprint density at radius 2 is 1.96 bits per heavy atom. The molecule has 132 valence electrons. The highest BCUT2D eigenvalue weighted by molar-refractivity contribution is 5.91. The molecule has 5 heteroatoms. The lowest BCUT2D eigenvalue weighted by Crippen LogP contribution is -2.48. The van der Waals surface area contributed by atoms with Crippen LogP contribution in [-0.2, 0) is 16.1 Å². The van der Waals surface area contributed by atoms with Crippen LogP contribution in [0.25, 0.3) is 10.9 Å². The number of fused-ring (bicyclic) bond motifs is 1. The molecule has 0 radical (unpaired) electrons.